The Morgan fingerprint density at radius 1 is 1.56 bits per heavy atom. The molecule has 0 spiro atoms. The zero-order valence-electron chi connectivity index (χ0n) is 9.70. The molecule has 0 bridgehead atoms. The van der Waals surface area contributed by atoms with Gasteiger partial charge in [0.05, 0.1) is 0 Å². The number of halogens is 1. The van der Waals surface area contributed by atoms with Crippen molar-refractivity contribution in [2.75, 3.05) is 18.0 Å². The lowest BCUT2D eigenvalue weighted by atomic mass is 10.0. The molecule has 1 aromatic carbocycles. The van der Waals surface area contributed by atoms with Crippen LogP contribution in [0.5, 0.6) is 0 Å². The van der Waals surface area contributed by atoms with Gasteiger partial charge in [0, 0.05) is 24.8 Å². The Morgan fingerprint density at radius 2 is 2.38 bits per heavy atom. The van der Waals surface area contributed by atoms with E-state index in [9.17, 15) is 4.39 Å². The fourth-order valence-corrected chi connectivity index (χ4v) is 2.46. The summed E-state index contributed by atoms with van der Waals surface area (Å²) < 4.78 is 13.1. The second-order valence-corrected chi connectivity index (χ2v) is 4.79. The lowest BCUT2D eigenvalue weighted by Gasteiger charge is -2.19. The number of rotatable bonds is 3. The molecule has 1 aliphatic rings. The quantitative estimate of drug-likeness (QED) is 0.851. The van der Waals surface area contributed by atoms with Crippen LogP contribution in [0, 0.1) is 11.7 Å². The fourth-order valence-electron chi connectivity index (χ4n) is 2.46. The predicted octanol–water partition coefficient (Wildman–Crippen LogP) is 2.39. The fraction of sp³-hybridized carbons (Fsp3) is 0.538. The van der Waals surface area contributed by atoms with Crippen molar-refractivity contribution in [3.8, 4) is 0 Å². The number of hydrogen-bond acceptors (Lipinski definition) is 2. The van der Waals surface area contributed by atoms with Gasteiger partial charge in [-0.1, -0.05) is 6.07 Å². The lowest BCUT2D eigenvalue weighted by Crippen LogP contribution is -2.23. The molecule has 0 radical (unpaired) electrons. The molecule has 3 heteroatoms. The van der Waals surface area contributed by atoms with Crippen LogP contribution in [0.1, 0.15) is 19.8 Å². The Labute approximate surface area is 96.2 Å². The van der Waals surface area contributed by atoms with Gasteiger partial charge in [0.25, 0.3) is 0 Å². The average Bonchev–Trinajstić information content (AvgIpc) is 2.65. The Bertz CT molecular complexity index is 352. The highest BCUT2D eigenvalue weighted by molar-refractivity contribution is 5.47. The summed E-state index contributed by atoms with van der Waals surface area (Å²) in [5, 5.41) is 0. The van der Waals surface area contributed by atoms with Gasteiger partial charge in [-0.3, -0.25) is 0 Å². The molecule has 0 saturated carbocycles. The van der Waals surface area contributed by atoms with Crippen molar-refractivity contribution in [1.82, 2.24) is 0 Å². The zero-order chi connectivity index (χ0) is 11.5. The summed E-state index contributed by atoms with van der Waals surface area (Å²) in [6, 6.07) is 7.09. The molecule has 0 aromatic heterocycles. The molecule has 2 atom stereocenters. The molecule has 0 amide bonds. The van der Waals surface area contributed by atoms with E-state index in [2.05, 4.69) is 4.90 Å². The van der Waals surface area contributed by atoms with E-state index in [4.69, 9.17) is 5.73 Å². The van der Waals surface area contributed by atoms with Crippen LogP contribution < -0.4 is 10.6 Å². The third-order valence-electron chi connectivity index (χ3n) is 3.16. The molecule has 1 aliphatic heterocycles. The van der Waals surface area contributed by atoms with Crippen LogP contribution in [0.4, 0.5) is 10.1 Å². The summed E-state index contributed by atoms with van der Waals surface area (Å²) in [5.41, 5.74) is 6.79. The second kappa shape index (κ2) is 4.83. The first kappa shape index (κ1) is 11.4. The first-order valence-corrected chi connectivity index (χ1v) is 5.91. The number of anilines is 1. The van der Waals surface area contributed by atoms with Crippen molar-refractivity contribution < 1.29 is 4.39 Å². The maximum absolute atomic E-state index is 13.1. The van der Waals surface area contributed by atoms with Crippen molar-refractivity contribution in [2.24, 2.45) is 11.7 Å². The van der Waals surface area contributed by atoms with E-state index in [0.717, 1.165) is 31.6 Å². The Balaban J connectivity index is 1.98. The molecule has 2 nitrogen and oxygen atoms in total. The normalized spacial score (nSPS) is 22.4. The van der Waals surface area contributed by atoms with Crippen molar-refractivity contribution in [1.29, 1.82) is 0 Å². The average molecular weight is 222 g/mol. The molecule has 1 heterocycles. The topological polar surface area (TPSA) is 29.3 Å². The molecule has 1 aromatic rings. The largest absolute Gasteiger partial charge is 0.371 e. The van der Waals surface area contributed by atoms with Gasteiger partial charge in [0.1, 0.15) is 5.82 Å². The van der Waals surface area contributed by atoms with Crippen LogP contribution in [0.2, 0.25) is 0 Å². The van der Waals surface area contributed by atoms with E-state index in [-0.39, 0.29) is 11.9 Å². The highest BCUT2D eigenvalue weighted by Crippen LogP contribution is 2.26. The van der Waals surface area contributed by atoms with Crippen LogP contribution in [0.3, 0.4) is 0 Å². The summed E-state index contributed by atoms with van der Waals surface area (Å²) in [4.78, 5) is 2.25. The van der Waals surface area contributed by atoms with Gasteiger partial charge in [-0.2, -0.15) is 0 Å². The molecule has 1 fully saturated rings. The van der Waals surface area contributed by atoms with Gasteiger partial charge < -0.3 is 10.6 Å². The maximum atomic E-state index is 13.1. The van der Waals surface area contributed by atoms with Crippen LogP contribution in [0.15, 0.2) is 24.3 Å². The molecule has 2 rings (SSSR count). The van der Waals surface area contributed by atoms with Gasteiger partial charge in [-0.25, -0.2) is 4.39 Å². The third-order valence-corrected chi connectivity index (χ3v) is 3.16. The first-order valence-electron chi connectivity index (χ1n) is 5.91. The van der Waals surface area contributed by atoms with Crippen LogP contribution in [-0.2, 0) is 0 Å². The molecule has 2 unspecified atom stereocenters. The third kappa shape index (κ3) is 2.73. The minimum Gasteiger partial charge on any atom is -0.371 e. The van der Waals surface area contributed by atoms with Crippen molar-refractivity contribution in [2.45, 2.75) is 25.8 Å². The monoisotopic (exact) mass is 222 g/mol. The van der Waals surface area contributed by atoms with E-state index in [1.54, 1.807) is 12.1 Å². The molecule has 2 N–H and O–H groups in total. The van der Waals surface area contributed by atoms with E-state index in [1.807, 2.05) is 13.0 Å². The molecule has 16 heavy (non-hydrogen) atoms. The van der Waals surface area contributed by atoms with Gasteiger partial charge in [0.2, 0.25) is 0 Å². The minimum absolute atomic E-state index is 0.159. The van der Waals surface area contributed by atoms with Gasteiger partial charge in [-0.05, 0) is 43.9 Å². The number of hydrogen-bond donors (Lipinski definition) is 1. The Kier molecular flexibility index (Phi) is 3.44. The molecule has 1 saturated heterocycles. The van der Waals surface area contributed by atoms with Gasteiger partial charge >= 0.3 is 0 Å². The van der Waals surface area contributed by atoms with Gasteiger partial charge in [-0.15, -0.1) is 0 Å². The van der Waals surface area contributed by atoms with Crippen LogP contribution in [0.25, 0.3) is 0 Å². The summed E-state index contributed by atoms with van der Waals surface area (Å²) in [7, 11) is 0. The minimum atomic E-state index is -0.159. The van der Waals surface area contributed by atoms with Gasteiger partial charge in [0.15, 0.2) is 0 Å². The molecule has 88 valence electrons. The Morgan fingerprint density at radius 3 is 3.06 bits per heavy atom. The van der Waals surface area contributed by atoms with Crippen molar-refractivity contribution in [3.63, 3.8) is 0 Å². The number of nitrogens with two attached hydrogens (primary N) is 1. The second-order valence-electron chi connectivity index (χ2n) is 4.79. The highest BCUT2D eigenvalue weighted by atomic mass is 19.1. The smallest absolute Gasteiger partial charge is 0.125 e. The van der Waals surface area contributed by atoms with E-state index in [0.29, 0.717) is 5.92 Å². The molecular weight excluding hydrogens is 203 g/mol. The van der Waals surface area contributed by atoms with E-state index >= 15 is 0 Å². The maximum Gasteiger partial charge on any atom is 0.125 e. The molecular formula is C13H19FN2. The van der Waals surface area contributed by atoms with Crippen molar-refractivity contribution >= 4 is 5.69 Å². The van der Waals surface area contributed by atoms with E-state index in [1.165, 1.54) is 6.07 Å². The van der Waals surface area contributed by atoms with Crippen LogP contribution >= 0.6 is 0 Å². The number of nitrogens with zero attached hydrogens (tertiary/aromatic N) is 1. The van der Waals surface area contributed by atoms with Crippen LogP contribution in [-0.4, -0.2) is 19.1 Å². The zero-order valence-corrected chi connectivity index (χ0v) is 9.70. The SMILES string of the molecule is CC(N)CC1CCN(c2cccc(F)c2)C1. The van der Waals surface area contributed by atoms with E-state index < -0.39 is 0 Å². The summed E-state index contributed by atoms with van der Waals surface area (Å²) in [6.45, 7) is 4.07. The summed E-state index contributed by atoms with van der Waals surface area (Å²) >= 11 is 0. The molecule has 0 aliphatic carbocycles. The first-order chi connectivity index (χ1) is 7.65. The predicted molar refractivity (Wildman–Crippen MR) is 65.0 cm³/mol. The standard InChI is InChI=1S/C13H19FN2/c1-10(15)7-11-5-6-16(9-11)13-4-2-3-12(14)8-13/h2-4,8,10-11H,5-7,9,15H2,1H3. The van der Waals surface area contributed by atoms with Crippen molar-refractivity contribution in [3.05, 3.63) is 30.1 Å². The summed E-state index contributed by atoms with van der Waals surface area (Å²) in [6.07, 6.45) is 2.23. The summed E-state index contributed by atoms with van der Waals surface area (Å²) in [5.74, 6) is 0.497. The lowest BCUT2D eigenvalue weighted by molar-refractivity contribution is 0.485. The Hall–Kier alpha value is -1.09. The number of benzene rings is 1. The highest BCUT2D eigenvalue weighted by Gasteiger charge is 2.23.